The Morgan fingerprint density at radius 2 is 1.79 bits per heavy atom. The minimum Gasteiger partial charge on any atom is -0.497 e. The van der Waals surface area contributed by atoms with Crippen molar-refractivity contribution in [1.29, 1.82) is 0 Å². The molecule has 1 nitrogen and oxygen atoms in total. The van der Waals surface area contributed by atoms with Crippen LogP contribution in [0.4, 0.5) is 0 Å². The molecule has 0 aliphatic rings. The van der Waals surface area contributed by atoms with Gasteiger partial charge in [0.1, 0.15) is 5.75 Å². The molecular weight excluding hydrogens is 172 g/mol. The van der Waals surface area contributed by atoms with Gasteiger partial charge in [0.05, 0.1) is 7.11 Å². The average molecular weight is 186 g/mol. The lowest BCUT2D eigenvalue weighted by Gasteiger charge is -2.06. The van der Waals surface area contributed by atoms with Crippen molar-refractivity contribution in [3.8, 4) is 5.75 Å². The van der Waals surface area contributed by atoms with Gasteiger partial charge >= 0.3 is 0 Å². The second-order valence-corrected chi connectivity index (χ2v) is 3.67. The number of ether oxygens (including phenoxy) is 1. The van der Waals surface area contributed by atoms with Crippen LogP contribution in [-0.4, -0.2) is 7.11 Å². The molecule has 0 aliphatic carbocycles. The molecule has 0 aromatic heterocycles. The van der Waals surface area contributed by atoms with E-state index >= 15 is 0 Å². The monoisotopic (exact) mass is 186 g/mol. The van der Waals surface area contributed by atoms with Crippen LogP contribution in [0.25, 0.3) is 10.8 Å². The van der Waals surface area contributed by atoms with Gasteiger partial charge in [-0.25, -0.2) is 0 Å². The zero-order valence-electron chi connectivity index (χ0n) is 8.79. The van der Waals surface area contributed by atoms with E-state index in [1.807, 2.05) is 6.07 Å². The fourth-order valence-corrected chi connectivity index (χ4v) is 1.84. The summed E-state index contributed by atoms with van der Waals surface area (Å²) in [7, 11) is 1.70. The summed E-state index contributed by atoms with van der Waals surface area (Å²) in [6.45, 7) is 4.26. The van der Waals surface area contributed by atoms with E-state index in [0.717, 1.165) is 5.75 Å². The fourth-order valence-electron chi connectivity index (χ4n) is 1.84. The molecule has 0 saturated carbocycles. The topological polar surface area (TPSA) is 9.23 Å². The van der Waals surface area contributed by atoms with Crippen molar-refractivity contribution >= 4 is 10.8 Å². The molecule has 0 atom stereocenters. The Hall–Kier alpha value is -1.50. The van der Waals surface area contributed by atoms with Gasteiger partial charge in [0, 0.05) is 0 Å². The van der Waals surface area contributed by atoms with E-state index in [1.165, 1.54) is 21.9 Å². The number of fused-ring (bicyclic) bond motifs is 1. The highest BCUT2D eigenvalue weighted by Gasteiger charge is 2.00. The first-order chi connectivity index (χ1) is 6.70. The molecule has 0 bridgehead atoms. The van der Waals surface area contributed by atoms with E-state index in [2.05, 4.69) is 38.1 Å². The SMILES string of the molecule is COc1ccc2cc(C)cc(C)c2c1. The Balaban J connectivity index is 2.75. The molecule has 0 aliphatic heterocycles. The first kappa shape index (κ1) is 9.07. The molecule has 0 saturated heterocycles. The van der Waals surface area contributed by atoms with Crippen LogP contribution in [0.2, 0.25) is 0 Å². The van der Waals surface area contributed by atoms with Crippen LogP contribution in [0, 0.1) is 13.8 Å². The van der Waals surface area contributed by atoms with Crippen molar-refractivity contribution in [2.45, 2.75) is 13.8 Å². The Morgan fingerprint density at radius 3 is 2.50 bits per heavy atom. The van der Waals surface area contributed by atoms with Crippen LogP contribution in [0.5, 0.6) is 5.75 Å². The molecule has 0 N–H and O–H groups in total. The summed E-state index contributed by atoms with van der Waals surface area (Å²) in [6.07, 6.45) is 0. The van der Waals surface area contributed by atoms with Crippen LogP contribution in [0.15, 0.2) is 30.3 Å². The standard InChI is InChI=1S/C13H14O/c1-9-6-10(2)13-8-12(14-3)5-4-11(13)7-9/h4-8H,1-3H3. The normalized spacial score (nSPS) is 10.5. The van der Waals surface area contributed by atoms with Crippen LogP contribution in [0.3, 0.4) is 0 Å². The maximum absolute atomic E-state index is 5.21. The van der Waals surface area contributed by atoms with Gasteiger partial charge in [-0.2, -0.15) is 0 Å². The molecule has 0 heterocycles. The molecule has 2 rings (SSSR count). The number of hydrogen-bond acceptors (Lipinski definition) is 1. The fraction of sp³-hybridized carbons (Fsp3) is 0.231. The Bertz CT molecular complexity index is 472. The van der Waals surface area contributed by atoms with E-state index in [-0.39, 0.29) is 0 Å². The summed E-state index contributed by atoms with van der Waals surface area (Å²) in [4.78, 5) is 0. The molecule has 2 aromatic carbocycles. The van der Waals surface area contributed by atoms with Gasteiger partial charge in [0.15, 0.2) is 0 Å². The third kappa shape index (κ3) is 1.46. The van der Waals surface area contributed by atoms with Gasteiger partial charge in [0.25, 0.3) is 0 Å². The van der Waals surface area contributed by atoms with Crippen molar-refractivity contribution in [1.82, 2.24) is 0 Å². The van der Waals surface area contributed by atoms with Crippen LogP contribution < -0.4 is 4.74 Å². The number of benzene rings is 2. The number of aryl methyl sites for hydroxylation is 2. The molecule has 0 unspecified atom stereocenters. The van der Waals surface area contributed by atoms with Gasteiger partial charge in [-0.3, -0.25) is 0 Å². The third-order valence-corrected chi connectivity index (χ3v) is 2.51. The molecule has 0 fully saturated rings. The minimum atomic E-state index is 0.921. The summed E-state index contributed by atoms with van der Waals surface area (Å²) >= 11 is 0. The number of hydrogen-bond donors (Lipinski definition) is 0. The van der Waals surface area contributed by atoms with Gasteiger partial charge in [0.2, 0.25) is 0 Å². The molecule has 72 valence electrons. The molecular formula is C13H14O. The van der Waals surface area contributed by atoms with Crippen LogP contribution in [0.1, 0.15) is 11.1 Å². The van der Waals surface area contributed by atoms with E-state index in [0.29, 0.717) is 0 Å². The summed E-state index contributed by atoms with van der Waals surface area (Å²) in [5.74, 6) is 0.921. The lowest BCUT2D eigenvalue weighted by atomic mass is 10.0. The molecule has 0 amide bonds. The van der Waals surface area contributed by atoms with Gasteiger partial charge < -0.3 is 4.74 Å². The smallest absolute Gasteiger partial charge is 0.119 e. The average Bonchev–Trinajstić information content (AvgIpc) is 2.17. The van der Waals surface area contributed by atoms with Gasteiger partial charge in [-0.05, 0) is 42.3 Å². The van der Waals surface area contributed by atoms with E-state index in [4.69, 9.17) is 4.74 Å². The number of rotatable bonds is 1. The van der Waals surface area contributed by atoms with E-state index in [1.54, 1.807) is 7.11 Å². The van der Waals surface area contributed by atoms with Crippen molar-refractivity contribution in [3.63, 3.8) is 0 Å². The zero-order chi connectivity index (χ0) is 10.1. The maximum Gasteiger partial charge on any atom is 0.119 e. The van der Waals surface area contributed by atoms with Crippen LogP contribution >= 0.6 is 0 Å². The predicted molar refractivity (Wildman–Crippen MR) is 60.0 cm³/mol. The second kappa shape index (κ2) is 3.33. The predicted octanol–water partition coefficient (Wildman–Crippen LogP) is 3.47. The Labute approximate surface area is 84.3 Å². The van der Waals surface area contributed by atoms with Crippen molar-refractivity contribution in [2.75, 3.05) is 7.11 Å². The summed E-state index contributed by atoms with van der Waals surface area (Å²) < 4.78 is 5.21. The second-order valence-electron chi connectivity index (χ2n) is 3.67. The highest BCUT2D eigenvalue weighted by Crippen LogP contribution is 2.24. The largest absolute Gasteiger partial charge is 0.497 e. The molecule has 0 spiro atoms. The molecule has 2 aromatic rings. The highest BCUT2D eigenvalue weighted by atomic mass is 16.5. The van der Waals surface area contributed by atoms with Crippen LogP contribution in [-0.2, 0) is 0 Å². The first-order valence-corrected chi connectivity index (χ1v) is 4.76. The summed E-state index contributed by atoms with van der Waals surface area (Å²) in [5.41, 5.74) is 2.61. The lowest BCUT2D eigenvalue weighted by Crippen LogP contribution is -1.85. The van der Waals surface area contributed by atoms with Crippen molar-refractivity contribution in [2.24, 2.45) is 0 Å². The Morgan fingerprint density at radius 1 is 1.00 bits per heavy atom. The van der Waals surface area contributed by atoms with E-state index < -0.39 is 0 Å². The first-order valence-electron chi connectivity index (χ1n) is 4.76. The lowest BCUT2D eigenvalue weighted by molar-refractivity contribution is 0.415. The van der Waals surface area contributed by atoms with Gasteiger partial charge in [-0.15, -0.1) is 0 Å². The maximum atomic E-state index is 5.21. The minimum absolute atomic E-state index is 0.921. The summed E-state index contributed by atoms with van der Waals surface area (Å²) in [6, 6.07) is 10.6. The van der Waals surface area contributed by atoms with Crippen molar-refractivity contribution in [3.05, 3.63) is 41.5 Å². The third-order valence-electron chi connectivity index (χ3n) is 2.51. The van der Waals surface area contributed by atoms with Gasteiger partial charge in [-0.1, -0.05) is 23.8 Å². The molecule has 14 heavy (non-hydrogen) atoms. The molecule has 1 heteroatoms. The zero-order valence-corrected chi connectivity index (χ0v) is 8.79. The highest BCUT2D eigenvalue weighted by molar-refractivity contribution is 5.87. The Kier molecular flexibility index (Phi) is 2.16. The number of methoxy groups -OCH3 is 1. The quantitative estimate of drug-likeness (QED) is 0.662. The van der Waals surface area contributed by atoms with Crippen molar-refractivity contribution < 1.29 is 4.74 Å². The molecule has 0 radical (unpaired) electrons. The summed E-state index contributed by atoms with van der Waals surface area (Å²) in [5, 5.41) is 2.55. The van der Waals surface area contributed by atoms with E-state index in [9.17, 15) is 0 Å².